The summed E-state index contributed by atoms with van der Waals surface area (Å²) in [4.78, 5) is 15.0. The summed E-state index contributed by atoms with van der Waals surface area (Å²) >= 11 is 0. The lowest BCUT2D eigenvalue weighted by Gasteiger charge is -2.29. The zero-order valence-corrected chi connectivity index (χ0v) is 17.4. The van der Waals surface area contributed by atoms with Gasteiger partial charge in [0.2, 0.25) is 5.91 Å². The number of rotatable bonds is 6. The van der Waals surface area contributed by atoms with Crippen LogP contribution in [-0.4, -0.2) is 49.1 Å². The molecule has 1 aliphatic carbocycles. The Morgan fingerprint density at radius 2 is 1.72 bits per heavy atom. The summed E-state index contributed by atoms with van der Waals surface area (Å²) in [5, 5.41) is 6.58. The number of hydrogen-bond acceptors (Lipinski definition) is 3. The first-order valence-corrected chi connectivity index (χ1v) is 10.6. The first-order valence-electron chi connectivity index (χ1n) is 10.6. The Morgan fingerprint density at radius 1 is 1.07 bits per heavy atom. The van der Waals surface area contributed by atoms with E-state index in [0.29, 0.717) is 12.1 Å². The Balaban J connectivity index is 1.40. The number of likely N-dealkylation sites (N-methyl/N-ethyl adjacent to an activating group) is 1. The number of benzene rings is 2. The molecular formula is C25H31N3O. The van der Waals surface area contributed by atoms with Gasteiger partial charge in [0.25, 0.3) is 0 Å². The maximum atomic E-state index is 12.6. The molecule has 0 unspecified atom stereocenters. The van der Waals surface area contributed by atoms with Gasteiger partial charge in [-0.15, -0.1) is 0 Å². The van der Waals surface area contributed by atoms with Crippen LogP contribution in [-0.2, 0) is 17.6 Å². The van der Waals surface area contributed by atoms with E-state index in [-0.39, 0.29) is 11.9 Å². The summed E-state index contributed by atoms with van der Waals surface area (Å²) in [6.45, 7) is 3.94. The topological polar surface area (TPSA) is 44.4 Å². The van der Waals surface area contributed by atoms with Gasteiger partial charge < -0.3 is 10.6 Å². The second-order valence-corrected chi connectivity index (χ2v) is 8.37. The Labute approximate surface area is 174 Å². The first-order chi connectivity index (χ1) is 14.1. The average molecular weight is 390 g/mol. The minimum atomic E-state index is -0.0461. The van der Waals surface area contributed by atoms with Crippen LogP contribution in [0.25, 0.3) is 6.08 Å². The fourth-order valence-electron chi connectivity index (χ4n) is 4.80. The van der Waals surface area contributed by atoms with Gasteiger partial charge in [0.05, 0.1) is 6.04 Å². The van der Waals surface area contributed by atoms with Crippen LogP contribution in [0.4, 0.5) is 0 Å². The molecule has 0 bridgehead atoms. The van der Waals surface area contributed by atoms with Gasteiger partial charge in [-0.05, 0) is 42.9 Å². The predicted octanol–water partition coefficient (Wildman–Crippen LogP) is 3.04. The number of carbonyl (C=O) groups is 1. The van der Waals surface area contributed by atoms with Crippen LogP contribution in [0.1, 0.15) is 30.0 Å². The fourth-order valence-corrected chi connectivity index (χ4v) is 4.80. The molecule has 0 saturated carbocycles. The third kappa shape index (κ3) is 4.60. The molecule has 2 aromatic carbocycles. The molecule has 1 amide bonds. The van der Waals surface area contributed by atoms with Gasteiger partial charge >= 0.3 is 0 Å². The number of hydrogen-bond donors (Lipinski definition) is 2. The van der Waals surface area contributed by atoms with Gasteiger partial charge in [0.1, 0.15) is 0 Å². The Bertz CT molecular complexity index is 852. The minimum Gasteiger partial charge on any atom is -0.358 e. The van der Waals surface area contributed by atoms with Crippen molar-refractivity contribution in [2.24, 2.45) is 0 Å². The predicted molar refractivity (Wildman–Crippen MR) is 119 cm³/mol. The molecule has 2 N–H and O–H groups in total. The second-order valence-electron chi connectivity index (χ2n) is 8.37. The van der Waals surface area contributed by atoms with Crippen molar-refractivity contribution in [3.05, 3.63) is 76.9 Å². The summed E-state index contributed by atoms with van der Waals surface area (Å²) in [6, 6.07) is 19.8. The highest BCUT2D eigenvalue weighted by atomic mass is 16.2. The molecule has 4 heteroatoms. The van der Waals surface area contributed by atoms with Crippen LogP contribution in [0.3, 0.4) is 0 Å². The molecule has 1 aliphatic heterocycles. The summed E-state index contributed by atoms with van der Waals surface area (Å²) < 4.78 is 0. The normalized spacial score (nSPS) is 22.6. The minimum absolute atomic E-state index is 0.0461. The van der Waals surface area contributed by atoms with E-state index in [1.807, 2.05) is 6.07 Å². The van der Waals surface area contributed by atoms with E-state index >= 15 is 0 Å². The molecule has 4 nitrogen and oxygen atoms in total. The highest BCUT2D eigenvalue weighted by Crippen LogP contribution is 2.30. The Kier molecular flexibility index (Phi) is 6.12. The summed E-state index contributed by atoms with van der Waals surface area (Å²) in [7, 11) is 1.75. The maximum Gasteiger partial charge on any atom is 0.237 e. The lowest BCUT2D eigenvalue weighted by atomic mass is 10.1. The quantitative estimate of drug-likeness (QED) is 0.798. The maximum absolute atomic E-state index is 12.6. The highest BCUT2D eigenvalue weighted by Gasteiger charge is 2.41. The summed E-state index contributed by atoms with van der Waals surface area (Å²) in [6.07, 6.45) is 5.18. The largest absolute Gasteiger partial charge is 0.358 e. The molecule has 152 valence electrons. The van der Waals surface area contributed by atoms with Crippen LogP contribution in [0.2, 0.25) is 0 Å². The van der Waals surface area contributed by atoms with Gasteiger partial charge in [0, 0.05) is 32.2 Å². The van der Waals surface area contributed by atoms with Gasteiger partial charge in [-0.1, -0.05) is 66.2 Å². The zero-order chi connectivity index (χ0) is 20.2. The molecule has 2 aromatic rings. The average Bonchev–Trinajstić information content (AvgIpc) is 3.36. The summed E-state index contributed by atoms with van der Waals surface area (Å²) in [5.74, 6) is 0.141. The second kappa shape index (κ2) is 8.93. The molecule has 0 aromatic heterocycles. The van der Waals surface area contributed by atoms with Crippen molar-refractivity contribution in [1.82, 2.24) is 15.5 Å². The molecule has 29 heavy (non-hydrogen) atoms. The summed E-state index contributed by atoms with van der Waals surface area (Å²) in [5.41, 5.74) is 5.41. The molecule has 1 heterocycles. The van der Waals surface area contributed by atoms with Crippen LogP contribution in [0.5, 0.6) is 0 Å². The lowest BCUT2D eigenvalue weighted by molar-refractivity contribution is -0.125. The van der Waals surface area contributed by atoms with Crippen LogP contribution >= 0.6 is 0 Å². The smallest absolute Gasteiger partial charge is 0.237 e. The monoisotopic (exact) mass is 389 g/mol. The third-order valence-corrected chi connectivity index (χ3v) is 6.27. The van der Waals surface area contributed by atoms with Crippen molar-refractivity contribution in [2.75, 3.05) is 20.1 Å². The van der Waals surface area contributed by atoms with Crippen LogP contribution in [0, 0.1) is 0 Å². The SMILES string of the molecule is CNC(=O)[C@@H]1C[C@@H](NC/C(C)=C/c2ccccc2)CN1C1Cc2ccccc2C1. The van der Waals surface area contributed by atoms with Gasteiger partial charge in [-0.3, -0.25) is 9.69 Å². The first kappa shape index (κ1) is 19.9. The number of fused-ring (bicyclic) bond motifs is 1. The standard InChI is InChI=1S/C25H31N3O/c1-18(12-19-8-4-3-5-9-19)16-27-22-15-24(25(29)26-2)28(17-22)23-13-20-10-6-7-11-21(20)14-23/h3-12,22-24,27H,13-17H2,1-2H3,(H,26,29)/b18-12+/t22-,24+/m1/s1. The number of amides is 1. The van der Waals surface area contributed by atoms with Gasteiger partial charge in [-0.25, -0.2) is 0 Å². The zero-order valence-electron chi connectivity index (χ0n) is 17.4. The van der Waals surface area contributed by atoms with E-state index in [1.54, 1.807) is 7.05 Å². The van der Waals surface area contributed by atoms with Crippen LogP contribution in [0.15, 0.2) is 60.2 Å². The van der Waals surface area contributed by atoms with Gasteiger partial charge in [-0.2, -0.15) is 0 Å². The van der Waals surface area contributed by atoms with Crippen molar-refractivity contribution in [2.45, 2.75) is 44.3 Å². The van der Waals surface area contributed by atoms with Crippen molar-refractivity contribution >= 4 is 12.0 Å². The van der Waals surface area contributed by atoms with E-state index in [2.05, 4.69) is 77.1 Å². The Morgan fingerprint density at radius 3 is 2.38 bits per heavy atom. The molecule has 2 atom stereocenters. The van der Waals surface area contributed by atoms with E-state index in [0.717, 1.165) is 32.4 Å². The van der Waals surface area contributed by atoms with Gasteiger partial charge in [0.15, 0.2) is 0 Å². The number of nitrogens with one attached hydrogen (secondary N) is 2. The lowest BCUT2D eigenvalue weighted by Crippen LogP contribution is -2.47. The molecule has 0 radical (unpaired) electrons. The third-order valence-electron chi connectivity index (χ3n) is 6.27. The Hall–Kier alpha value is -2.43. The number of likely N-dealkylation sites (tertiary alicyclic amines) is 1. The van der Waals surface area contributed by atoms with Crippen LogP contribution < -0.4 is 10.6 Å². The van der Waals surface area contributed by atoms with Crippen molar-refractivity contribution in [1.29, 1.82) is 0 Å². The highest BCUT2D eigenvalue weighted by molar-refractivity contribution is 5.82. The molecule has 1 saturated heterocycles. The van der Waals surface area contributed by atoms with Crippen molar-refractivity contribution in [3.63, 3.8) is 0 Å². The molecule has 2 aliphatic rings. The number of carbonyl (C=O) groups excluding carboxylic acids is 1. The fraction of sp³-hybridized carbons (Fsp3) is 0.400. The van der Waals surface area contributed by atoms with E-state index in [1.165, 1.54) is 22.3 Å². The molecule has 0 spiro atoms. The van der Waals surface area contributed by atoms with E-state index in [9.17, 15) is 4.79 Å². The van der Waals surface area contributed by atoms with E-state index < -0.39 is 0 Å². The van der Waals surface area contributed by atoms with E-state index in [4.69, 9.17) is 0 Å². The molecule has 1 fully saturated rings. The van der Waals surface area contributed by atoms with Crippen molar-refractivity contribution < 1.29 is 4.79 Å². The van der Waals surface area contributed by atoms with Crippen molar-refractivity contribution in [3.8, 4) is 0 Å². The number of nitrogens with zero attached hydrogens (tertiary/aromatic N) is 1. The molecule has 4 rings (SSSR count). The molecular weight excluding hydrogens is 358 g/mol.